The average Bonchev–Trinajstić information content (AvgIpc) is 2.26. The smallest absolute Gasteiger partial charge is 0.489 e. The molecule has 0 spiro atoms. The molecule has 0 aliphatic heterocycles. The molecule has 0 saturated heterocycles. The maximum Gasteiger partial charge on any atom is 0.574 e. The van der Waals surface area contributed by atoms with E-state index in [0.717, 1.165) is 13.3 Å². The lowest BCUT2D eigenvalue weighted by molar-refractivity contribution is -0.386. The minimum atomic E-state index is -4.98. The summed E-state index contributed by atoms with van der Waals surface area (Å²) in [4.78, 5) is 13.3. The third kappa shape index (κ3) is 3.22. The van der Waals surface area contributed by atoms with Crippen molar-refractivity contribution in [1.82, 2.24) is 4.98 Å². The second kappa shape index (κ2) is 5.38. The Bertz CT molecular complexity index is 466. The Morgan fingerprint density at radius 1 is 1.56 bits per heavy atom. The third-order valence-corrected chi connectivity index (χ3v) is 2.39. The highest BCUT2D eigenvalue weighted by atomic mass is 79.9. The summed E-state index contributed by atoms with van der Waals surface area (Å²) < 4.78 is 44.6. The summed E-state index contributed by atoms with van der Waals surface area (Å²) in [6.45, 7) is 0. The number of alkyl halides is 4. The molecule has 0 aliphatic carbocycles. The number of nitrogens with zero attached hydrogens (tertiary/aromatic N) is 2. The Kier molecular flexibility index (Phi) is 4.33. The Hall–Kier alpha value is -1.58. The zero-order chi connectivity index (χ0) is 13.9. The van der Waals surface area contributed by atoms with Crippen LogP contribution in [0, 0.1) is 10.1 Å². The van der Waals surface area contributed by atoms with E-state index >= 15 is 0 Å². The predicted molar refractivity (Wildman–Crippen MR) is 56.8 cm³/mol. The fourth-order valence-electron chi connectivity index (χ4n) is 1.17. The highest BCUT2D eigenvalue weighted by Gasteiger charge is 2.35. The molecule has 0 N–H and O–H groups in total. The SMILES string of the molecule is COc1cnc(OC(F)(F)F)c(CBr)c1[N+](=O)[O-]. The molecule has 1 heterocycles. The average molecular weight is 331 g/mol. The number of hydrogen-bond acceptors (Lipinski definition) is 5. The van der Waals surface area contributed by atoms with Crippen LogP contribution in [0.1, 0.15) is 5.56 Å². The molecule has 6 nitrogen and oxygen atoms in total. The van der Waals surface area contributed by atoms with Crippen LogP contribution in [0.15, 0.2) is 6.20 Å². The lowest BCUT2D eigenvalue weighted by atomic mass is 10.2. The summed E-state index contributed by atoms with van der Waals surface area (Å²) >= 11 is 2.85. The largest absolute Gasteiger partial charge is 0.574 e. The molecule has 0 amide bonds. The number of pyridine rings is 1. The number of nitro groups is 1. The van der Waals surface area contributed by atoms with Crippen molar-refractivity contribution in [2.24, 2.45) is 0 Å². The first-order valence-electron chi connectivity index (χ1n) is 4.32. The van der Waals surface area contributed by atoms with Gasteiger partial charge in [0.15, 0.2) is 0 Å². The van der Waals surface area contributed by atoms with Crippen molar-refractivity contribution in [1.29, 1.82) is 0 Å². The van der Waals surface area contributed by atoms with Crippen LogP contribution in [-0.2, 0) is 5.33 Å². The minimum absolute atomic E-state index is 0.237. The molecule has 0 radical (unpaired) electrons. The van der Waals surface area contributed by atoms with Gasteiger partial charge in [0, 0.05) is 5.33 Å². The van der Waals surface area contributed by atoms with Crippen LogP contribution < -0.4 is 9.47 Å². The van der Waals surface area contributed by atoms with Crippen LogP contribution in [0.2, 0.25) is 0 Å². The molecule has 18 heavy (non-hydrogen) atoms. The fraction of sp³-hybridized carbons (Fsp3) is 0.375. The van der Waals surface area contributed by atoms with Crippen molar-refractivity contribution in [3.8, 4) is 11.6 Å². The zero-order valence-electron chi connectivity index (χ0n) is 8.82. The molecule has 0 atom stereocenters. The number of halogens is 4. The fourth-order valence-corrected chi connectivity index (χ4v) is 1.68. The monoisotopic (exact) mass is 330 g/mol. The van der Waals surface area contributed by atoms with Gasteiger partial charge in [0.2, 0.25) is 11.6 Å². The van der Waals surface area contributed by atoms with E-state index in [4.69, 9.17) is 0 Å². The predicted octanol–water partition coefficient (Wildman–Crippen LogP) is 2.79. The molecule has 100 valence electrons. The summed E-state index contributed by atoms with van der Waals surface area (Å²) in [5.41, 5.74) is -0.972. The van der Waals surface area contributed by atoms with Crippen molar-refractivity contribution in [2.75, 3.05) is 7.11 Å². The normalized spacial score (nSPS) is 11.2. The highest BCUT2D eigenvalue weighted by molar-refractivity contribution is 9.08. The molecular weight excluding hydrogens is 325 g/mol. The maximum atomic E-state index is 12.1. The van der Waals surface area contributed by atoms with E-state index in [0.29, 0.717) is 0 Å². The van der Waals surface area contributed by atoms with Gasteiger partial charge in [0.1, 0.15) is 5.56 Å². The molecule has 0 aliphatic rings. The first-order chi connectivity index (χ1) is 8.30. The van der Waals surface area contributed by atoms with Gasteiger partial charge in [-0.15, -0.1) is 13.2 Å². The van der Waals surface area contributed by atoms with Crippen molar-refractivity contribution < 1.29 is 27.6 Å². The number of aromatic nitrogens is 1. The molecule has 10 heteroatoms. The molecule has 0 aromatic carbocycles. The second-order valence-electron chi connectivity index (χ2n) is 2.90. The quantitative estimate of drug-likeness (QED) is 0.482. The van der Waals surface area contributed by atoms with Gasteiger partial charge in [0.25, 0.3) is 0 Å². The lowest BCUT2D eigenvalue weighted by Crippen LogP contribution is -2.19. The van der Waals surface area contributed by atoms with Gasteiger partial charge in [-0.3, -0.25) is 10.1 Å². The van der Waals surface area contributed by atoms with Crippen molar-refractivity contribution in [2.45, 2.75) is 11.7 Å². The number of hydrogen-bond donors (Lipinski definition) is 0. The van der Waals surface area contributed by atoms with Gasteiger partial charge in [-0.05, 0) is 0 Å². The summed E-state index contributed by atoms with van der Waals surface area (Å²) in [5.74, 6) is -1.13. The summed E-state index contributed by atoms with van der Waals surface area (Å²) in [5, 5.41) is 10.6. The first-order valence-corrected chi connectivity index (χ1v) is 5.44. The topological polar surface area (TPSA) is 74.5 Å². The van der Waals surface area contributed by atoms with E-state index in [2.05, 4.69) is 30.4 Å². The molecule has 1 rings (SSSR count). The van der Waals surface area contributed by atoms with Gasteiger partial charge in [-0.25, -0.2) is 4.98 Å². The molecule has 0 fully saturated rings. The van der Waals surface area contributed by atoms with Gasteiger partial charge in [-0.1, -0.05) is 15.9 Å². The molecule has 0 unspecified atom stereocenters. The van der Waals surface area contributed by atoms with Crippen molar-refractivity contribution in [3.63, 3.8) is 0 Å². The molecule has 1 aromatic heterocycles. The van der Waals surface area contributed by atoms with Crippen molar-refractivity contribution in [3.05, 3.63) is 21.9 Å². The van der Waals surface area contributed by atoms with Gasteiger partial charge >= 0.3 is 12.0 Å². The Balaban J connectivity index is 3.38. The van der Waals surface area contributed by atoms with E-state index in [1.54, 1.807) is 0 Å². The first kappa shape index (κ1) is 14.5. The van der Waals surface area contributed by atoms with E-state index < -0.39 is 22.9 Å². The van der Waals surface area contributed by atoms with Gasteiger partial charge in [0.05, 0.1) is 18.2 Å². The molecule has 0 bridgehead atoms. The van der Waals surface area contributed by atoms with Gasteiger partial charge in [-0.2, -0.15) is 0 Å². The summed E-state index contributed by atoms with van der Waals surface area (Å²) in [6.07, 6.45) is -4.18. The lowest BCUT2D eigenvalue weighted by Gasteiger charge is -2.12. The highest BCUT2D eigenvalue weighted by Crippen LogP contribution is 2.38. The van der Waals surface area contributed by atoms with Crippen LogP contribution in [0.4, 0.5) is 18.9 Å². The molecule has 0 saturated carbocycles. The third-order valence-electron chi connectivity index (χ3n) is 1.82. The van der Waals surface area contributed by atoms with E-state index in [-0.39, 0.29) is 16.6 Å². The number of methoxy groups -OCH3 is 1. The van der Waals surface area contributed by atoms with E-state index in [1.165, 1.54) is 0 Å². The van der Waals surface area contributed by atoms with E-state index in [9.17, 15) is 23.3 Å². The Morgan fingerprint density at radius 3 is 2.56 bits per heavy atom. The zero-order valence-corrected chi connectivity index (χ0v) is 10.4. The molecular formula is C8H6BrF3N2O4. The minimum Gasteiger partial charge on any atom is -0.489 e. The van der Waals surface area contributed by atoms with Crippen LogP contribution in [-0.4, -0.2) is 23.4 Å². The van der Waals surface area contributed by atoms with Crippen LogP contribution in [0.25, 0.3) is 0 Å². The standard InChI is InChI=1S/C8H6BrF3N2O4/c1-17-5-3-13-7(18-8(10,11)12)4(2-9)6(5)14(15)16/h3H,2H2,1H3. The van der Waals surface area contributed by atoms with Crippen LogP contribution in [0.5, 0.6) is 11.6 Å². The Labute approximate surface area is 107 Å². The maximum absolute atomic E-state index is 12.1. The van der Waals surface area contributed by atoms with Crippen LogP contribution in [0.3, 0.4) is 0 Å². The number of rotatable bonds is 4. The molecule has 1 aromatic rings. The summed E-state index contributed by atoms with van der Waals surface area (Å²) in [6, 6.07) is 0. The van der Waals surface area contributed by atoms with Crippen LogP contribution >= 0.6 is 15.9 Å². The van der Waals surface area contributed by atoms with Gasteiger partial charge < -0.3 is 9.47 Å². The van der Waals surface area contributed by atoms with Crippen molar-refractivity contribution >= 4 is 21.6 Å². The number of ether oxygens (including phenoxy) is 2. The van der Waals surface area contributed by atoms with E-state index in [1.807, 2.05) is 0 Å². The summed E-state index contributed by atoms with van der Waals surface area (Å²) in [7, 11) is 1.15. The Morgan fingerprint density at radius 2 is 2.17 bits per heavy atom. The second-order valence-corrected chi connectivity index (χ2v) is 3.46.